The number of benzene rings is 2. The van der Waals surface area contributed by atoms with Crippen LogP contribution >= 0.6 is 27.7 Å². The number of carboxylic acids is 1. The molecule has 0 radical (unpaired) electrons. The summed E-state index contributed by atoms with van der Waals surface area (Å²) in [5.74, 6) is 0.0643. The fourth-order valence-corrected chi connectivity index (χ4v) is 4.75. The van der Waals surface area contributed by atoms with Crippen molar-refractivity contribution in [3.05, 3.63) is 58.6 Å². The first kappa shape index (κ1) is 24.4. The van der Waals surface area contributed by atoms with Crippen LogP contribution in [0, 0.1) is 0 Å². The molecule has 0 aliphatic heterocycles. The van der Waals surface area contributed by atoms with Crippen molar-refractivity contribution in [2.24, 2.45) is 0 Å². The van der Waals surface area contributed by atoms with Gasteiger partial charge in [-0.3, -0.25) is 9.59 Å². The third kappa shape index (κ3) is 7.75. The zero-order valence-corrected chi connectivity index (χ0v) is 19.5. The van der Waals surface area contributed by atoms with Gasteiger partial charge in [-0.25, -0.2) is 8.42 Å². The summed E-state index contributed by atoms with van der Waals surface area (Å²) in [5.41, 5.74) is 1.07. The van der Waals surface area contributed by atoms with E-state index in [1.807, 2.05) is 6.92 Å². The molecule has 0 fully saturated rings. The van der Waals surface area contributed by atoms with E-state index in [1.54, 1.807) is 48.2 Å². The molecule has 0 aromatic heterocycles. The topological polar surface area (TPSA) is 113 Å². The number of anilines is 1. The molecule has 3 N–H and O–H groups in total. The second-order valence-corrected chi connectivity index (χ2v) is 10.4. The third-order valence-corrected chi connectivity index (χ3v) is 7.02. The first-order valence-electron chi connectivity index (χ1n) is 9.18. The first-order valence-corrected chi connectivity index (χ1v) is 12.6. The van der Waals surface area contributed by atoms with E-state index >= 15 is 0 Å². The maximum atomic E-state index is 12.8. The van der Waals surface area contributed by atoms with Crippen molar-refractivity contribution >= 4 is 55.3 Å². The number of nitrogens with one attached hydrogen (secondary N) is 2. The lowest BCUT2D eigenvalue weighted by molar-refractivity contribution is -0.136. The number of halogens is 1. The zero-order valence-electron chi connectivity index (χ0n) is 16.3. The van der Waals surface area contributed by atoms with Crippen LogP contribution in [0.5, 0.6) is 0 Å². The van der Waals surface area contributed by atoms with Gasteiger partial charge in [-0.15, -0.1) is 0 Å². The van der Waals surface area contributed by atoms with E-state index in [0.29, 0.717) is 23.4 Å². The molecule has 162 valence electrons. The van der Waals surface area contributed by atoms with Crippen LogP contribution in [0.2, 0.25) is 0 Å². The van der Waals surface area contributed by atoms with E-state index in [2.05, 4.69) is 26.0 Å². The van der Waals surface area contributed by atoms with Crippen LogP contribution in [0.25, 0.3) is 0 Å². The fraction of sp³-hybridized carbons (Fsp3) is 0.300. The average molecular weight is 515 g/mol. The van der Waals surface area contributed by atoms with Gasteiger partial charge in [0.15, 0.2) is 0 Å². The van der Waals surface area contributed by atoms with E-state index < -0.39 is 27.9 Å². The number of hydrogen-bond donors (Lipinski definition) is 3. The Kier molecular flexibility index (Phi) is 9.35. The Morgan fingerprint density at radius 1 is 1.10 bits per heavy atom. The third-order valence-electron chi connectivity index (χ3n) is 4.07. The lowest BCUT2D eigenvalue weighted by Crippen LogP contribution is -2.44. The van der Waals surface area contributed by atoms with Crippen molar-refractivity contribution in [1.29, 1.82) is 0 Å². The van der Waals surface area contributed by atoms with Crippen molar-refractivity contribution in [2.45, 2.75) is 30.7 Å². The number of sulfonamides is 1. The number of hydrogen-bond acceptors (Lipinski definition) is 5. The van der Waals surface area contributed by atoms with Crippen LogP contribution in [-0.4, -0.2) is 42.9 Å². The number of rotatable bonds is 11. The predicted octanol–water partition coefficient (Wildman–Crippen LogP) is 3.51. The minimum atomic E-state index is -3.88. The molecule has 0 aliphatic rings. The molecule has 2 rings (SSSR count). The van der Waals surface area contributed by atoms with Crippen molar-refractivity contribution in [2.75, 3.05) is 16.8 Å². The molecule has 1 atom stereocenters. The Labute approximate surface area is 188 Å². The molecule has 0 unspecified atom stereocenters. The van der Waals surface area contributed by atoms with Crippen molar-refractivity contribution in [3.8, 4) is 0 Å². The van der Waals surface area contributed by atoms with Gasteiger partial charge in [0.05, 0.1) is 11.3 Å². The van der Waals surface area contributed by atoms with Gasteiger partial charge >= 0.3 is 5.97 Å². The van der Waals surface area contributed by atoms with E-state index in [4.69, 9.17) is 5.11 Å². The number of aliphatic carboxylic acids is 1. The summed E-state index contributed by atoms with van der Waals surface area (Å²) in [6.07, 6.45) is 0.218. The Bertz CT molecular complexity index is 964. The Morgan fingerprint density at radius 3 is 2.30 bits per heavy atom. The Morgan fingerprint density at radius 2 is 1.73 bits per heavy atom. The number of carboxylic acid groups (broad SMARTS) is 1. The van der Waals surface area contributed by atoms with Crippen molar-refractivity contribution in [3.63, 3.8) is 0 Å². The molecule has 10 heteroatoms. The number of amides is 1. The largest absolute Gasteiger partial charge is 0.481 e. The van der Waals surface area contributed by atoms with E-state index in [0.717, 1.165) is 10.2 Å². The van der Waals surface area contributed by atoms with E-state index in [1.165, 1.54) is 12.1 Å². The first-order chi connectivity index (χ1) is 14.2. The molecule has 0 heterocycles. The van der Waals surface area contributed by atoms with Crippen LogP contribution in [0.4, 0.5) is 5.69 Å². The molecule has 2 aromatic rings. The van der Waals surface area contributed by atoms with Crippen LogP contribution in [0.15, 0.2) is 57.9 Å². The zero-order chi connectivity index (χ0) is 22.1. The minimum absolute atomic E-state index is 0.0738. The standard InChI is InChI=1S/C20H23BrN2O5S2/c1-2-29-12-11-18(23-30(27,28)17-9-5-15(21)6-10-17)20(26)22-16-7-3-14(4-8-16)13-19(24)25/h3-10,18,23H,2,11-13H2,1H3,(H,22,26)(H,24,25)/t18-/m0/s1. The summed E-state index contributed by atoms with van der Waals surface area (Å²) in [5, 5.41) is 11.5. The molecular weight excluding hydrogens is 492 g/mol. The summed E-state index contributed by atoms with van der Waals surface area (Å²) in [7, 11) is -3.88. The number of thioether (sulfide) groups is 1. The molecule has 0 spiro atoms. The van der Waals surface area contributed by atoms with Crippen LogP contribution < -0.4 is 10.0 Å². The van der Waals surface area contributed by atoms with Gasteiger partial charge < -0.3 is 10.4 Å². The molecule has 0 aliphatic carbocycles. The maximum Gasteiger partial charge on any atom is 0.307 e. The summed E-state index contributed by atoms with van der Waals surface area (Å²) in [4.78, 5) is 23.6. The van der Waals surface area contributed by atoms with Gasteiger partial charge in [0.1, 0.15) is 6.04 Å². The molecule has 30 heavy (non-hydrogen) atoms. The Balaban J connectivity index is 2.13. The number of carbonyl (C=O) groups excluding carboxylic acids is 1. The lowest BCUT2D eigenvalue weighted by atomic mass is 10.1. The predicted molar refractivity (Wildman–Crippen MR) is 122 cm³/mol. The summed E-state index contributed by atoms with van der Waals surface area (Å²) in [6.45, 7) is 1.99. The molecule has 0 saturated carbocycles. The SMILES string of the molecule is CCSCC[C@H](NS(=O)(=O)c1ccc(Br)cc1)C(=O)Nc1ccc(CC(=O)O)cc1. The Hall–Kier alpha value is -1.88. The lowest BCUT2D eigenvalue weighted by Gasteiger charge is -2.18. The van der Waals surface area contributed by atoms with Crippen molar-refractivity contribution < 1.29 is 23.1 Å². The normalized spacial score (nSPS) is 12.3. The smallest absolute Gasteiger partial charge is 0.307 e. The van der Waals surface area contributed by atoms with Gasteiger partial charge in [0.25, 0.3) is 0 Å². The maximum absolute atomic E-state index is 12.8. The second kappa shape index (κ2) is 11.5. The molecular formula is C20H23BrN2O5S2. The van der Waals surface area contributed by atoms with Gasteiger partial charge in [-0.2, -0.15) is 16.5 Å². The van der Waals surface area contributed by atoms with Crippen LogP contribution in [-0.2, 0) is 26.0 Å². The molecule has 0 saturated heterocycles. The van der Waals surface area contributed by atoms with E-state index in [9.17, 15) is 18.0 Å². The van der Waals surface area contributed by atoms with Gasteiger partial charge in [-0.05, 0) is 59.9 Å². The van der Waals surface area contributed by atoms with Gasteiger partial charge in [0.2, 0.25) is 15.9 Å². The highest BCUT2D eigenvalue weighted by atomic mass is 79.9. The summed E-state index contributed by atoms with van der Waals surface area (Å²) < 4.78 is 28.7. The highest BCUT2D eigenvalue weighted by Crippen LogP contribution is 2.17. The van der Waals surface area contributed by atoms with Gasteiger partial charge in [-0.1, -0.05) is 35.0 Å². The molecule has 2 aromatic carbocycles. The molecule has 1 amide bonds. The number of carbonyl (C=O) groups is 2. The van der Waals surface area contributed by atoms with E-state index in [-0.39, 0.29) is 11.3 Å². The van der Waals surface area contributed by atoms with Crippen molar-refractivity contribution in [1.82, 2.24) is 4.72 Å². The highest BCUT2D eigenvalue weighted by molar-refractivity contribution is 9.10. The van der Waals surface area contributed by atoms with Gasteiger partial charge in [0, 0.05) is 10.2 Å². The highest BCUT2D eigenvalue weighted by Gasteiger charge is 2.25. The summed E-state index contributed by atoms with van der Waals surface area (Å²) >= 11 is 4.88. The molecule has 0 bridgehead atoms. The van der Waals surface area contributed by atoms with Crippen LogP contribution in [0.1, 0.15) is 18.9 Å². The molecule has 7 nitrogen and oxygen atoms in total. The fourth-order valence-electron chi connectivity index (χ4n) is 2.57. The minimum Gasteiger partial charge on any atom is -0.481 e. The second-order valence-electron chi connectivity index (χ2n) is 6.37. The van der Waals surface area contributed by atoms with Crippen LogP contribution in [0.3, 0.4) is 0 Å². The average Bonchev–Trinajstić information content (AvgIpc) is 2.68. The summed E-state index contributed by atoms with van der Waals surface area (Å²) in [6, 6.07) is 11.6. The quantitative estimate of drug-likeness (QED) is 0.395. The monoisotopic (exact) mass is 514 g/mol.